The summed E-state index contributed by atoms with van der Waals surface area (Å²) in [5.74, 6) is 2.28. The molecule has 1 fully saturated rings. The number of nitrogens with zero attached hydrogens (tertiary/aromatic N) is 1. The number of hydrogen-bond acceptors (Lipinski definition) is 4. The van der Waals surface area contributed by atoms with Crippen molar-refractivity contribution in [1.29, 1.82) is 0 Å². The third-order valence-electron chi connectivity index (χ3n) is 5.93. The van der Waals surface area contributed by atoms with Crippen LogP contribution in [0.1, 0.15) is 66.7 Å². The van der Waals surface area contributed by atoms with Gasteiger partial charge >= 0.3 is 0 Å². The van der Waals surface area contributed by atoms with Crippen molar-refractivity contribution in [1.82, 2.24) is 4.90 Å². The van der Waals surface area contributed by atoms with Crippen molar-refractivity contribution in [3.05, 3.63) is 24.3 Å². The Labute approximate surface area is 183 Å². The van der Waals surface area contributed by atoms with Gasteiger partial charge < -0.3 is 14.8 Å². The van der Waals surface area contributed by atoms with Crippen LogP contribution in [-0.2, 0) is 9.53 Å². The number of hydrogen-bond donors (Lipinski definition) is 1. The molecule has 0 bridgehead atoms. The van der Waals surface area contributed by atoms with Gasteiger partial charge in [0.2, 0.25) is 0 Å². The molecule has 1 amide bonds. The highest BCUT2D eigenvalue weighted by Crippen LogP contribution is 2.24. The average Bonchev–Trinajstić information content (AvgIpc) is 2.69. The number of ether oxygens (including phenoxy) is 2. The van der Waals surface area contributed by atoms with E-state index in [1.54, 1.807) is 0 Å². The number of unbranched alkanes of at least 4 members (excludes halogenated alkanes) is 2. The second-order valence-electron chi connectivity index (χ2n) is 9.15. The molecule has 0 unspecified atom stereocenters. The molecule has 0 aromatic heterocycles. The van der Waals surface area contributed by atoms with Crippen LogP contribution >= 0.6 is 0 Å². The fourth-order valence-corrected chi connectivity index (χ4v) is 4.45. The topological polar surface area (TPSA) is 50.8 Å². The summed E-state index contributed by atoms with van der Waals surface area (Å²) in [5.41, 5.74) is -0.0191. The number of rotatable bonds is 12. The molecular formula is C25H42N2O3. The molecule has 1 aromatic rings. The molecule has 30 heavy (non-hydrogen) atoms. The second kappa shape index (κ2) is 12.3. The number of carbonyl (C=O) groups is 1. The first kappa shape index (κ1) is 24.7. The number of likely N-dealkylation sites (tertiary alicyclic amines) is 1. The zero-order valence-electron chi connectivity index (χ0n) is 19.7. The van der Waals surface area contributed by atoms with Gasteiger partial charge in [-0.15, -0.1) is 0 Å². The Balaban J connectivity index is 1.82. The Morgan fingerprint density at radius 1 is 1.13 bits per heavy atom. The first-order valence-electron chi connectivity index (χ1n) is 11.8. The minimum Gasteiger partial charge on any atom is -0.492 e. The molecule has 1 N–H and O–H groups in total. The van der Waals surface area contributed by atoms with Crippen LogP contribution in [0.3, 0.4) is 0 Å². The predicted octanol–water partition coefficient (Wildman–Crippen LogP) is 5.36. The Kier molecular flexibility index (Phi) is 10.1. The summed E-state index contributed by atoms with van der Waals surface area (Å²) < 4.78 is 11.7. The third kappa shape index (κ3) is 7.92. The summed E-state index contributed by atoms with van der Waals surface area (Å²) in [6.45, 7) is 15.1. The standard InChI is InChI=1S/C25H42N2O3/c1-6-8-9-14-25(5,30-7-2)24(28)26-22-10-12-23(13-11-22)29-16-15-27-18-20(3)17-21(4)19-27/h10-13,20-21H,6-9,14-19H2,1-5H3,(H,26,28)/t20-,21-,25-/m1/s1. The molecule has 0 spiro atoms. The van der Waals surface area contributed by atoms with Gasteiger partial charge in [0.1, 0.15) is 18.0 Å². The Morgan fingerprint density at radius 3 is 2.40 bits per heavy atom. The van der Waals surface area contributed by atoms with Crippen LogP contribution in [0, 0.1) is 11.8 Å². The molecule has 0 radical (unpaired) electrons. The van der Waals surface area contributed by atoms with Crippen molar-refractivity contribution in [3.8, 4) is 5.75 Å². The van der Waals surface area contributed by atoms with Gasteiger partial charge in [0.15, 0.2) is 0 Å². The van der Waals surface area contributed by atoms with Gasteiger partial charge in [-0.25, -0.2) is 0 Å². The Morgan fingerprint density at radius 2 is 1.80 bits per heavy atom. The van der Waals surface area contributed by atoms with Crippen LogP contribution in [-0.4, -0.2) is 49.3 Å². The molecule has 1 aliphatic heterocycles. The highest BCUT2D eigenvalue weighted by atomic mass is 16.5. The number of anilines is 1. The van der Waals surface area contributed by atoms with Crippen LogP contribution in [0.25, 0.3) is 0 Å². The number of carbonyl (C=O) groups excluding carboxylic acids is 1. The first-order chi connectivity index (χ1) is 14.4. The van der Waals surface area contributed by atoms with Crippen LogP contribution < -0.4 is 10.1 Å². The maximum absolute atomic E-state index is 12.8. The lowest BCUT2D eigenvalue weighted by Crippen LogP contribution is -2.42. The lowest BCUT2D eigenvalue weighted by Gasteiger charge is -2.34. The Bertz CT molecular complexity index is 624. The molecule has 0 saturated carbocycles. The van der Waals surface area contributed by atoms with Crippen molar-refractivity contribution >= 4 is 11.6 Å². The van der Waals surface area contributed by atoms with E-state index >= 15 is 0 Å². The molecule has 1 saturated heterocycles. The summed E-state index contributed by atoms with van der Waals surface area (Å²) in [5, 5.41) is 3.01. The molecule has 1 aliphatic rings. The monoisotopic (exact) mass is 418 g/mol. The normalized spacial score (nSPS) is 21.8. The number of benzene rings is 1. The highest BCUT2D eigenvalue weighted by Gasteiger charge is 2.33. The molecule has 0 aliphatic carbocycles. The number of nitrogens with one attached hydrogen (secondary N) is 1. The van der Waals surface area contributed by atoms with E-state index in [1.807, 2.05) is 38.1 Å². The van der Waals surface area contributed by atoms with Crippen LogP contribution in [0.4, 0.5) is 5.69 Å². The molecule has 3 atom stereocenters. The van der Waals surface area contributed by atoms with E-state index in [-0.39, 0.29) is 5.91 Å². The summed E-state index contributed by atoms with van der Waals surface area (Å²) in [7, 11) is 0. The lowest BCUT2D eigenvalue weighted by atomic mass is 9.92. The van der Waals surface area contributed by atoms with Gasteiger partial charge in [0.25, 0.3) is 5.91 Å². The number of amides is 1. The lowest BCUT2D eigenvalue weighted by molar-refractivity contribution is -0.139. The van der Waals surface area contributed by atoms with Gasteiger partial charge in [0.05, 0.1) is 0 Å². The molecule has 170 valence electrons. The summed E-state index contributed by atoms with van der Waals surface area (Å²) in [4.78, 5) is 15.3. The molecule has 5 nitrogen and oxygen atoms in total. The maximum atomic E-state index is 12.8. The molecule has 1 heterocycles. The van der Waals surface area contributed by atoms with E-state index in [4.69, 9.17) is 9.47 Å². The summed E-state index contributed by atoms with van der Waals surface area (Å²) in [6.07, 6.45) is 5.28. The zero-order chi connectivity index (χ0) is 22.0. The average molecular weight is 419 g/mol. The third-order valence-corrected chi connectivity index (χ3v) is 5.93. The van der Waals surface area contributed by atoms with Crippen molar-refractivity contribution in [2.24, 2.45) is 11.8 Å². The smallest absolute Gasteiger partial charge is 0.256 e. The Hall–Kier alpha value is -1.59. The molecular weight excluding hydrogens is 376 g/mol. The van der Waals surface area contributed by atoms with Gasteiger partial charge in [-0.2, -0.15) is 0 Å². The van der Waals surface area contributed by atoms with E-state index in [9.17, 15) is 4.79 Å². The molecule has 1 aromatic carbocycles. The van der Waals surface area contributed by atoms with Gasteiger partial charge in [-0.1, -0.05) is 40.0 Å². The van der Waals surface area contributed by atoms with Gasteiger partial charge in [-0.05, 0) is 62.8 Å². The predicted molar refractivity (Wildman–Crippen MR) is 124 cm³/mol. The zero-order valence-corrected chi connectivity index (χ0v) is 19.7. The van der Waals surface area contributed by atoms with E-state index in [2.05, 4.69) is 31.0 Å². The minimum atomic E-state index is -0.790. The first-order valence-corrected chi connectivity index (χ1v) is 11.8. The molecule has 5 heteroatoms. The van der Waals surface area contributed by atoms with Crippen molar-refractivity contribution in [2.75, 3.05) is 38.2 Å². The van der Waals surface area contributed by atoms with E-state index < -0.39 is 5.60 Å². The maximum Gasteiger partial charge on any atom is 0.256 e. The second-order valence-corrected chi connectivity index (χ2v) is 9.15. The van der Waals surface area contributed by atoms with Crippen molar-refractivity contribution < 1.29 is 14.3 Å². The summed E-state index contributed by atoms with van der Waals surface area (Å²) in [6, 6.07) is 7.64. The van der Waals surface area contributed by atoms with Gasteiger partial charge in [-0.3, -0.25) is 9.69 Å². The number of piperidine rings is 1. The highest BCUT2D eigenvalue weighted by molar-refractivity contribution is 5.97. The van der Waals surface area contributed by atoms with E-state index in [0.717, 1.165) is 68.6 Å². The molecule has 2 rings (SSSR count). The van der Waals surface area contributed by atoms with Crippen LogP contribution in [0.5, 0.6) is 5.75 Å². The fourth-order valence-electron chi connectivity index (χ4n) is 4.45. The minimum absolute atomic E-state index is 0.0811. The van der Waals surface area contributed by atoms with E-state index in [0.29, 0.717) is 13.2 Å². The van der Waals surface area contributed by atoms with Gasteiger partial charge in [0, 0.05) is 31.9 Å². The van der Waals surface area contributed by atoms with Crippen molar-refractivity contribution in [3.63, 3.8) is 0 Å². The van der Waals surface area contributed by atoms with E-state index in [1.165, 1.54) is 6.42 Å². The quantitative estimate of drug-likeness (QED) is 0.465. The van der Waals surface area contributed by atoms with Crippen LogP contribution in [0.2, 0.25) is 0 Å². The fraction of sp³-hybridized carbons (Fsp3) is 0.720. The summed E-state index contributed by atoms with van der Waals surface area (Å²) >= 11 is 0. The largest absolute Gasteiger partial charge is 0.492 e. The van der Waals surface area contributed by atoms with Crippen molar-refractivity contribution in [2.45, 2.75) is 72.3 Å². The van der Waals surface area contributed by atoms with Crippen LogP contribution in [0.15, 0.2) is 24.3 Å². The SMILES string of the molecule is CCCCC[C@@](C)(OCC)C(=O)Nc1ccc(OCCN2C[C@H](C)C[C@@H](C)C2)cc1.